The predicted molar refractivity (Wildman–Crippen MR) is 78.8 cm³/mol. The molecule has 2 rings (SSSR count). The van der Waals surface area contributed by atoms with Crippen molar-refractivity contribution in [3.63, 3.8) is 0 Å². The fraction of sp³-hybridized carbons (Fsp3) is 0. The van der Waals surface area contributed by atoms with E-state index in [0.717, 1.165) is 12.3 Å². The largest absolute Gasteiger partial charge is 0.409 e. The number of pyridine rings is 1. The molecule has 1 aromatic carbocycles. The van der Waals surface area contributed by atoms with Gasteiger partial charge in [-0.1, -0.05) is 21.1 Å². The van der Waals surface area contributed by atoms with E-state index in [2.05, 4.69) is 31.4 Å². The number of benzene rings is 1. The van der Waals surface area contributed by atoms with Crippen molar-refractivity contribution in [3.8, 4) is 0 Å². The molecule has 21 heavy (non-hydrogen) atoms. The van der Waals surface area contributed by atoms with Gasteiger partial charge in [-0.3, -0.25) is 9.78 Å². The summed E-state index contributed by atoms with van der Waals surface area (Å²) in [7, 11) is 0. The summed E-state index contributed by atoms with van der Waals surface area (Å²) in [5.41, 5.74) is 6.25. The lowest BCUT2D eigenvalue weighted by atomic mass is 10.1. The summed E-state index contributed by atoms with van der Waals surface area (Å²) in [6.07, 6.45) is 2.23. The van der Waals surface area contributed by atoms with Crippen LogP contribution in [-0.4, -0.2) is 21.9 Å². The highest BCUT2D eigenvalue weighted by Crippen LogP contribution is 2.22. The third-order valence-corrected chi connectivity index (χ3v) is 3.07. The molecule has 0 aliphatic rings. The first kappa shape index (κ1) is 14.9. The Morgan fingerprint density at radius 3 is 2.81 bits per heavy atom. The second-order valence-electron chi connectivity index (χ2n) is 4.02. The maximum atomic E-state index is 13.1. The van der Waals surface area contributed by atoms with Crippen molar-refractivity contribution in [2.75, 3.05) is 5.32 Å². The summed E-state index contributed by atoms with van der Waals surface area (Å²) in [5, 5.41) is 14.2. The molecule has 108 valence electrons. The van der Waals surface area contributed by atoms with Crippen molar-refractivity contribution in [3.05, 3.63) is 58.1 Å². The molecule has 2 aromatic rings. The minimum absolute atomic E-state index is 0.0560. The number of halogens is 2. The van der Waals surface area contributed by atoms with Crippen molar-refractivity contribution < 1.29 is 14.4 Å². The number of oxime groups is 1. The topological polar surface area (TPSA) is 101 Å². The quantitative estimate of drug-likeness (QED) is 0.341. The number of aromatic nitrogens is 1. The smallest absolute Gasteiger partial charge is 0.257 e. The first-order valence-corrected chi connectivity index (χ1v) is 6.50. The van der Waals surface area contributed by atoms with E-state index in [1.54, 1.807) is 18.2 Å². The first-order valence-electron chi connectivity index (χ1n) is 5.70. The average Bonchev–Trinajstić information content (AvgIpc) is 2.46. The Kier molecular flexibility index (Phi) is 4.49. The number of amidine groups is 1. The van der Waals surface area contributed by atoms with Crippen LogP contribution in [0.2, 0.25) is 0 Å². The van der Waals surface area contributed by atoms with Gasteiger partial charge in [0.25, 0.3) is 5.91 Å². The molecular formula is C13H10BrFN4O2. The molecule has 0 aliphatic heterocycles. The van der Waals surface area contributed by atoms with E-state index in [0.29, 0.717) is 15.7 Å². The van der Waals surface area contributed by atoms with Crippen molar-refractivity contribution in [2.24, 2.45) is 10.9 Å². The second kappa shape index (κ2) is 6.31. The third kappa shape index (κ3) is 3.54. The lowest BCUT2D eigenvalue weighted by Crippen LogP contribution is -2.19. The highest BCUT2D eigenvalue weighted by Gasteiger charge is 2.13. The standard InChI is InChI=1S/C13H10BrFN4O2/c14-8-1-2-10(12(16)19-21)11(4-8)18-13(20)7-3-9(15)6-17-5-7/h1-6,21H,(H2,16,19)(H,18,20). The summed E-state index contributed by atoms with van der Waals surface area (Å²) in [6, 6.07) is 5.88. The highest BCUT2D eigenvalue weighted by atomic mass is 79.9. The van der Waals surface area contributed by atoms with Crippen molar-refractivity contribution >= 4 is 33.4 Å². The van der Waals surface area contributed by atoms with Gasteiger partial charge in [-0.05, 0) is 24.3 Å². The van der Waals surface area contributed by atoms with E-state index >= 15 is 0 Å². The van der Waals surface area contributed by atoms with E-state index in [1.165, 1.54) is 6.20 Å². The molecule has 4 N–H and O–H groups in total. The zero-order valence-corrected chi connectivity index (χ0v) is 12.1. The van der Waals surface area contributed by atoms with Crippen LogP contribution in [0.15, 0.2) is 46.3 Å². The molecule has 0 saturated carbocycles. The van der Waals surface area contributed by atoms with Crippen molar-refractivity contribution in [2.45, 2.75) is 0 Å². The fourth-order valence-electron chi connectivity index (χ4n) is 1.63. The molecule has 1 aromatic heterocycles. The third-order valence-electron chi connectivity index (χ3n) is 2.58. The molecule has 0 saturated heterocycles. The Labute approximate surface area is 127 Å². The highest BCUT2D eigenvalue weighted by molar-refractivity contribution is 9.10. The van der Waals surface area contributed by atoms with E-state index in [9.17, 15) is 9.18 Å². The van der Waals surface area contributed by atoms with Crippen LogP contribution in [0.1, 0.15) is 15.9 Å². The average molecular weight is 353 g/mol. The number of nitrogens with zero attached hydrogens (tertiary/aromatic N) is 2. The molecule has 8 heteroatoms. The van der Waals surface area contributed by atoms with Crippen LogP contribution in [0.5, 0.6) is 0 Å². The van der Waals surface area contributed by atoms with Crippen LogP contribution >= 0.6 is 15.9 Å². The number of carbonyl (C=O) groups excluding carboxylic acids is 1. The molecule has 0 spiro atoms. The van der Waals surface area contributed by atoms with Gasteiger partial charge in [-0.15, -0.1) is 0 Å². The number of hydrogen-bond acceptors (Lipinski definition) is 4. The Balaban J connectivity index is 2.35. The van der Waals surface area contributed by atoms with Gasteiger partial charge < -0.3 is 16.3 Å². The summed E-state index contributed by atoms with van der Waals surface area (Å²) < 4.78 is 13.8. The number of anilines is 1. The first-order chi connectivity index (χ1) is 10.0. The van der Waals surface area contributed by atoms with Crippen molar-refractivity contribution in [1.82, 2.24) is 4.98 Å². The molecule has 0 aliphatic carbocycles. The molecule has 0 atom stereocenters. The van der Waals surface area contributed by atoms with Crippen LogP contribution in [0.25, 0.3) is 0 Å². The molecular weight excluding hydrogens is 343 g/mol. The number of amides is 1. The number of rotatable bonds is 3. The Bertz CT molecular complexity index is 721. The Morgan fingerprint density at radius 1 is 1.38 bits per heavy atom. The van der Waals surface area contributed by atoms with E-state index in [4.69, 9.17) is 10.9 Å². The van der Waals surface area contributed by atoms with Gasteiger partial charge in [0, 0.05) is 16.2 Å². The number of hydrogen-bond donors (Lipinski definition) is 3. The molecule has 0 bridgehead atoms. The van der Waals surface area contributed by atoms with Crippen LogP contribution in [0, 0.1) is 5.82 Å². The monoisotopic (exact) mass is 352 g/mol. The Morgan fingerprint density at radius 2 is 2.14 bits per heavy atom. The molecule has 1 heterocycles. The van der Waals surface area contributed by atoms with Gasteiger partial charge in [0.15, 0.2) is 5.84 Å². The van der Waals surface area contributed by atoms with Crippen LogP contribution < -0.4 is 11.1 Å². The lowest BCUT2D eigenvalue weighted by Gasteiger charge is -2.10. The zero-order valence-electron chi connectivity index (χ0n) is 10.5. The molecule has 0 fully saturated rings. The summed E-state index contributed by atoms with van der Waals surface area (Å²) in [5.74, 6) is -1.34. The minimum Gasteiger partial charge on any atom is -0.409 e. The SMILES string of the molecule is N/C(=N/O)c1ccc(Br)cc1NC(=O)c1cncc(F)c1. The minimum atomic E-state index is -0.617. The van der Waals surface area contributed by atoms with Gasteiger partial charge in [-0.2, -0.15) is 0 Å². The van der Waals surface area contributed by atoms with Gasteiger partial charge in [0.1, 0.15) is 5.82 Å². The number of nitrogens with two attached hydrogens (primary N) is 1. The zero-order chi connectivity index (χ0) is 15.4. The van der Waals surface area contributed by atoms with E-state index < -0.39 is 11.7 Å². The summed E-state index contributed by atoms with van der Waals surface area (Å²) in [4.78, 5) is 15.7. The maximum Gasteiger partial charge on any atom is 0.257 e. The molecule has 0 radical (unpaired) electrons. The van der Waals surface area contributed by atoms with Gasteiger partial charge >= 0.3 is 0 Å². The van der Waals surface area contributed by atoms with Crippen molar-refractivity contribution in [1.29, 1.82) is 0 Å². The van der Waals surface area contributed by atoms with E-state index in [1.807, 2.05) is 0 Å². The van der Waals surface area contributed by atoms with Gasteiger partial charge in [-0.25, -0.2) is 4.39 Å². The van der Waals surface area contributed by atoms with Crippen LogP contribution in [0.4, 0.5) is 10.1 Å². The number of carbonyl (C=O) groups is 1. The summed E-state index contributed by atoms with van der Waals surface area (Å²) >= 11 is 3.26. The Hall–Kier alpha value is -2.48. The summed E-state index contributed by atoms with van der Waals surface area (Å²) in [6.45, 7) is 0. The van der Waals surface area contributed by atoms with Gasteiger partial charge in [0.2, 0.25) is 0 Å². The predicted octanol–water partition coefficient (Wildman–Crippen LogP) is 2.33. The molecule has 1 amide bonds. The van der Waals surface area contributed by atoms with Crippen LogP contribution in [0.3, 0.4) is 0 Å². The molecule has 0 unspecified atom stereocenters. The fourth-order valence-corrected chi connectivity index (χ4v) is 1.99. The van der Waals surface area contributed by atoms with Crippen LogP contribution in [-0.2, 0) is 0 Å². The second-order valence-corrected chi connectivity index (χ2v) is 4.94. The lowest BCUT2D eigenvalue weighted by molar-refractivity contribution is 0.102. The van der Waals surface area contributed by atoms with Gasteiger partial charge in [0.05, 0.1) is 17.4 Å². The van der Waals surface area contributed by atoms with E-state index in [-0.39, 0.29) is 11.4 Å². The maximum absolute atomic E-state index is 13.1. The molecule has 6 nitrogen and oxygen atoms in total. The normalized spacial score (nSPS) is 11.2. The number of nitrogens with one attached hydrogen (secondary N) is 1.